The highest BCUT2D eigenvalue weighted by Gasteiger charge is 2.23. The van der Waals surface area contributed by atoms with Crippen molar-refractivity contribution in [3.8, 4) is 6.01 Å². The van der Waals surface area contributed by atoms with Crippen molar-refractivity contribution in [1.29, 1.82) is 0 Å². The van der Waals surface area contributed by atoms with Gasteiger partial charge in [-0.1, -0.05) is 12.1 Å². The number of imidazole rings is 1. The highest BCUT2D eigenvalue weighted by atomic mass is 16.3. The van der Waals surface area contributed by atoms with E-state index in [1.54, 1.807) is 0 Å². The average molecular weight is 310 g/mol. The van der Waals surface area contributed by atoms with Crippen LogP contribution in [0, 0.1) is 5.92 Å². The smallest absolute Gasteiger partial charge is 0.299 e. The first-order valence-electron chi connectivity index (χ1n) is 8.42. The summed E-state index contributed by atoms with van der Waals surface area (Å²) in [7, 11) is 0. The summed E-state index contributed by atoms with van der Waals surface area (Å²) >= 11 is 0. The van der Waals surface area contributed by atoms with Crippen LogP contribution in [0.3, 0.4) is 0 Å². The molecule has 0 radical (unpaired) electrons. The molecule has 120 valence electrons. The second-order valence-corrected chi connectivity index (χ2v) is 6.57. The van der Waals surface area contributed by atoms with Crippen LogP contribution in [0.4, 0.5) is 0 Å². The summed E-state index contributed by atoms with van der Waals surface area (Å²) in [5.41, 5.74) is 5.40. The highest BCUT2D eigenvalue weighted by molar-refractivity contribution is 5.88. The lowest BCUT2D eigenvalue weighted by atomic mass is 9.96. The average Bonchev–Trinajstić information content (AvgIpc) is 3.26. The lowest BCUT2D eigenvalue weighted by Crippen LogP contribution is -2.12. The summed E-state index contributed by atoms with van der Waals surface area (Å²) in [5, 5.41) is 14.2. The third-order valence-electron chi connectivity index (χ3n) is 5.11. The van der Waals surface area contributed by atoms with Crippen molar-refractivity contribution < 1.29 is 5.11 Å². The minimum atomic E-state index is 0.0929. The zero-order valence-corrected chi connectivity index (χ0v) is 13.2. The van der Waals surface area contributed by atoms with Gasteiger partial charge in [0.05, 0.1) is 11.0 Å². The first-order chi connectivity index (χ1) is 11.3. The molecule has 0 bridgehead atoms. The van der Waals surface area contributed by atoms with E-state index in [4.69, 9.17) is 5.84 Å². The molecule has 3 N–H and O–H groups in total. The second-order valence-electron chi connectivity index (χ2n) is 6.57. The molecule has 1 fully saturated rings. The number of allylic oxidation sites excluding steroid dienone is 2. The number of hydrazone groups is 1. The molecule has 4 rings (SSSR count). The minimum absolute atomic E-state index is 0.0929. The summed E-state index contributed by atoms with van der Waals surface area (Å²) in [5.74, 6) is 5.96. The Kier molecular flexibility index (Phi) is 3.56. The van der Waals surface area contributed by atoms with E-state index in [1.165, 1.54) is 12.0 Å². The van der Waals surface area contributed by atoms with E-state index >= 15 is 0 Å². The van der Waals surface area contributed by atoms with Gasteiger partial charge in [-0.25, -0.2) is 0 Å². The Bertz CT molecular complexity index is 803. The Morgan fingerprint density at radius 3 is 3.00 bits per heavy atom. The van der Waals surface area contributed by atoms with Gasteiger partial charge in [-0.15, -0.1) is 0 Å². The van der Waals surface area contributed by atoms with E-state index in [0.29, 0.717) is 5.92 Å². The fraction of sp³-hybridized carbons (Fsp3) is 0.444. The van der Waals surface area contributed by atoms with Crippen molar-refractivity contribution in [2.24, 2.45) is 16.9 Å². The third-order valence-corrected chi connectivity index (χ3v) is 5.11. The predicted octanol–water partition coefficient (Wildman–Crippen LogP) is 3.42. The summed E-state index contributed by atoms with van der Waals surface area (Å²) in [4.78, 5) is 4.30. The third kappa shape index (κ3) is 2.50. The minimum Gasteiger partial charge on any atom is -0.480 e. The van der Waals surface area contributed by atoms with Gasteiger partial charge >= 0.3 is 0 Å². The van der Waals surface area contributed by atoms with Gasteiger partial charge in [-0.2, -0.15) is 10.1 Å². The number of nitrogens with two attached hydrogens (primary N) is 1. The lowest BCUT2D eigenvalue weighted by molar-refractivity contribution is 0.426. The van der Waals surface area contributed by atoms with Gasteiger partial charge in [0, 0.05) is 17.3 Å². The van der Waals surface area contributed by atoms with E-state index in [1.807, 2.05) is 10.6 Å². The molecule has 5 nitrogen and oxygen atoms in total. The molecular weight excluding hydrogens is 288 g/mol. The molecule has 1 saturated carbocycles. The lowest BCUT2D eigenvalue weighted by Gasteiger charge is -2.11. The number of nitrogens with zero attached hydrogens (tertiary/aromatic N) is 3. The standard InChI is InChI=1S/C18H22N4O/c19-21-15-7-3-4-13(15)10-12-8-9-16-17(11-12)22(18(23)20-16)14-5-1-2-6-14/h5,8-9,11,13H,1-4,6-7,10,19H2,(H,20,23). The first-order valence-corrected chi connectivity index (χ1v) is 8.42. The molecule has 2 aliphatic rings. The molecule has 0 amide bonds. The molecule has 0 aliphatic heterocycles. The summed E-state index contributed by atoms with van der Waals surface area (Å²) < 4.78 is 1.90. The van der Waals surface area contributed by atoms with Gasteiger partial charge < -0.3 is 10.9 Å². The Balaban J connectivity index is 1.71. The van der Waals surface area contributed by atoms with Crippen molar-refractivity contribution >= 4 is 22.4 Å². The number of aromatic nitrogens is 2. The number of hydrogen-bond donors (Lipinski definition) is 2. The van der Waals surface area contributed by atoms with Crippen LogP contribution in [0.15, 0.2) is 29.4 Å². The van der Waals surface area contributed by atoms with E-state index < -0.39 is 0 Å². The van der Waals surface area contributed by atoms with Crippen LogP contribution in [0.5, 0.6) is 6.01 Å². The molecule has 1 aromatic heterocycles. The molecule has 2 aromatic rings. The van der Waals surface area contributed by atoms with E-state index in [0.717, 1.165) is 61.0 Å². The van der Waals surface area contributed by atoms with Gasteiger partial charge in [0.15, 0.2) is 0 Å². The normalized spacial score (nSPS) is 23.0. The van der Waals surface area contributed by atoms with Gasteiger partial charge in [-0.05, 0) is 62.6 Å². The fourth-order valence-electron chi connectivity index (χ4n) is 3.95. The largest absolute Gasteiger partial charge is 0.480 e. The van der Waals surface area contributed by atoms with Crippen molar-refractivity contribution in [3.63, 3.8) is 0 Å². The molecule has 0 saturated heterocycles. The van der Waals surface area contributed by atoms with Crippen LogP contribution in [-0.2, 0) is 6.42 Å². The Hall–Kier alpha value is -2.30. The zero-order chi connectivity index (χ0) is 15.8. The molecule has 23 heavy (non-hydrogen) atoms. The molecule has 1 unspecified atom stereocenters. The maximum Gasteiger partial charge on any atom is 0.299 e. The Morgan fingerprint density at radius 2 is 2.22 bits per heavy atom. The van der Waals surface area contributed by atoms with Crippen molar-refractivity contribution in [2.45, 2.75) is 44.9 Å². The Labute approximate surface area is 135 Å². The number of benzene rings is 1. The van der Waals surface area contributed by atoms with Gasteiger partial charge in [0.2, 0.25) is 0 Å². The zero-order valence-electron chi connectivity index (χ0n) is 13.2. The molecule has 1 aromatic carbocycles. The quantitative estimate of drug-likeness (QED) is 0.673. The SMILES string of the molecule is NN=C1CCCC1Cc1ccc2nc(O)n(C3=CCCC3)c2c1. The number of fused-ring (bicyclic) bond motifs is 1. The maximum absolute atomic E-state index is 10.2. The number of aromatic hydroxyl groups is 1. The van der Waals surface area contributed by atoms with Gasteiger partial charge in [0.25, 0.3) is 6.01 Å². The maximum atomic E-state index is 10.2. The highest BCUT2D eigenvalue weighted by Crippen LogP contribution is 2.33. The van der Waals surface area contributed by atoms with Gasteiger partial charge in [0.1, 0.15) is 0 Å². The van der Waals surface area contributed by atoms with Crippen LogP contribution in [-0.4, -0.2) is 20.4 Å². The predicted molar refractivity (Wildman–Crippen MR) is 92.2 cm³/mol. The molecule has 1 heterocycles. The summed E-state index contributed by atoms with van der Waals surface area (Å²) in [6, 6.07) is 6.36. The van der Waals surface area contributed by atoms with E-state index in [2.05, 4.69) is 28.3 Å². The van der Waals surface area contributed by atoms with Crippen LogP contribution in [0.25, 0.3) is 16.7 Å². The number of hydrogen-bond acceptors (Lipinski definition) is 4. The first kappa shape index (κ1) is 14.3. The topological polar surface area (TPSA) is 76.4 Å². The van der Waals surface area contributed by atoms with Gasteiger partial charge in [-0.3, -0.25) is 4.57 Å². The molecule has 1 atom stereocenters. The second kappa shape index (κ2) is 5.72. The monoisotopic (exact) mass is 310 g/mol. The molecule has 5 heteroatoms. The van der Waals surface area contributed by atoms with Crippen molar-refractivity contribution in [3.05, 3.63) is 29.8 Å². The number of rotatable bonds is 3. The van der Waals surface area contributed by atoms with Crippen LogP contribution < -0.4 is 5.84 Å². The van der Waals surface area contributed by atoms with E-state index in [9.17, 15) is 5.11 Å². The van der Waals surface area contributed by atoms with Crippen LogP contribution >= 0.6 is 0 Å². The molecule has 2 aliphatic carbocycles. The Morgan fingerprint density at radius 1 is 1.30 bits per heavy atom. The fourth-order valence-corrected chi connectivity index (χ4v) is 3.95. The van der Waals surface area contributed by atoms with Crippen LogP contribution in [0.1, 0.15) is 44.1 Å². The molecule has 0 spiro atoms. The molecular formula is C18H22N4O. The summed E-state index contributed by atoms with van der Waals surface area (Å²) in [6.45, 7) is 0. The van der Waals surface area contributed by atoms with Crippen molar-refractivity contribution in [1.82, 2.24) is 9.55 Å². The van der Waals surface area contributed by atoms with Crippen molar-refractivity contribution in [2.75, 3.05) is 0 Å². The van der Waals surface area contributed by atoms with Crippen LogP contribution in [0.2, 0.25) is 0 Å². The van der Waals surface area contributed by atoms with E-state index in [-0.39, 0.29) is 6.01 Å². The summed E-state index contributed by atoms with van der Waals surface area (Å²) in [6.07, 6.45) is 9.73.